The predicted octanol–water partition coefficient (Wildman–Crippen LogP) is 2.99. The fourth-order valence-electron chi connectivity index (χ4n) is 1.86. The molecule has 0 radical (unpaired) electrons. The summed E-state index contributed by atoms with van der Waals surface area (Å²) in [5.74, 6) is 0.320. The second kappa shape index (κ2) is 6.34. The van der Waals surface area contributed by atoms with Crippen LogP contribution in [0.5, 0.6) is 0 Å². The van der Waals surface area contributed by atoms with Gasteiger partial charge in [0.15, 0.2) is 0 Å². The maximum atomic E-state index is 12.8. The second-order valence-electron chi connectivity index (χ2n) is 4.65. The van der Waals surface area contributed by atoms with Crippen molar-refractivity contribution in [3.63, 3.8) is 0 Å². The molecule has 2 rings (SSSR count). The van der Waals surface area contributed by atoms with Crippen molar-refractivity contribution in [2.24, 2.45) is 0 Å². The highest BCUT2D eigenvalue weighted by Crippen LogP contribution is 2.22. The van der Waals surface area contributed by atoms with Gasteiger partial charge in [-0.2, -0.15) is 0 Å². The molecule has 1 aromatic heterocycles. The molecular formula is C15H16FNO3. The SMILES string of the molecule is CN(CCC(=O)O)Cc1ccc(-c2ccc(F)cc2)o1. The van der Waals surface area contributed by atoms with Crippen molar-refractivity contribution in [2.45, 2.75) is 13.0 Å². The van der Waals surface area contributed by atoms with E-state index in [9.17, 15) is 9.18 Å². The number of carbonyl (C=O) groups is 1. The highest BCUT2D eigenvalue weighted by atomic mass is 19.1. The number of hydrogen-bond acceptors (Lipinski definition) is 3. The first-order chi connectivity index (χ1) is 9.54. The summed E-state index contributed by atoms with van der Waals surface area (Å²) < 4.78 is 18.5. The van der Waals surface area contributed by atoms with Gasteiger partial charge in [0.1, 0.15) is 17.3 Å². The van der Waals surface area contributed by atoms with Gasteiger partial charge in [-0.25, -0.2) is 4.39 Å². The summed E-state index contributed by atoms with van der Waals surface area (Å²) in [6, 6.07) is 9.76. The lowest BCUT2D eigenvalue weighted by Gasteiger charge is -2.13. The van der Waals surface area contributed by atoms with Crippen LogP contribution in [0.2, 0.25) is 0 Å². The van der Waals surface area contributed by atoms with Crippen LogP contribution in [0.1, 0.15) is 12.2 Å². The van der Waals surface area contributed by atoms with Crippen LogP contribution in [-0.4, -0.2) is 29.6 Å². The maximum Gasteiger partial charge on any atom is 0.304 e. The molecule has 1 N–H and O–H groups in total. The van der Waals surface area contributed by atoms with E-state index in [1.165, 1.54) is 12.1 Å². The third kappa shape index (κ3) is 3.93. The summed E-state index contributed by atoms with van der Waals surface area (Å²) in [6.07, 6.45) is 0.0992. The Morgan fingerprint density at radius 3 is 2.60 bits per heavy atom. The van der Waals surface area contributed by atoms with Crippen LogP contribution in [-0.2, 0) is 11.3 Å². The molecule has 0 aliphatic heterocycles. The molecule has 0 saturated heterocycles. The van der Waals surface area contributed by atoms with E-state index < -0.39 is 5.97 Å². The van der Waals surface area contributed by atoms with Crippen LogP contribution < -0.4 is 0 Å². The number of carboxylic acids is 1. The van der Waals surface area contributed by atoms with Gasteiger partial charge in [-0.1, -0.05) is 0 Å². The maximum absolute atomic E-state index is 12.8. The number of aliphatic carboxylic acids is 1. The van der Waals surface area contributed by atoms with Crippen LogP contribution in [0.15, 0.2) is 40.8 Å². The average molecular weight is 277 g/mol. The summed E-state index contributed by atoms with van der Waals surface area (Å²) >= 11 is 0. The largest absolute Gasteiger partial charge is 0.481 e. The van der Waals surface area contributed by atoms with E-state index in [0.717, 1.165) is 11.3 Å². The summed E-state index contributed by atoms with van der Waals surface area (Å²) in [5, 5.41) is 8.62. The number of rotatable bonds is 6. The predicted molar refractivity (Wildman–Crippen MR) is 72.7 cm³/mol. The van der Waals surface area contributed by atoms with Gasteiger partial charge in [-0.3, -0.25) is 9.69 Å². The second-order valence-corrected chi connectivity index (χ2v) is 4.65. The van der Waals surface area contributed by atoms with Gasteiger partial charge >= 0.3 is 5.97 Å². The Kier molecular flexibility index (Phi) is 4.53. The average Bonchev–Trinajstić information content (AvgIpc) is 2.85. The Bertz CT molecular complexity index is 577. The first kappa shape index (κ1) is 14.3. The van der Waals surface area contributed by atoms with E-state index in [-0.39, 0.29) is 12.2 Å². The highest BCUT2D eigenvalue weighted by molar-refractivity contribution is 5.66. The van der Waals surface area contributed by atoms with Crippen molar-refractivity contribution in [3.05, 3.63) is 48.0 Å². The number of furan rings is 1. The van der Waals surface area contributed by atoms with Crippen molar-refractivity contribution in [3.8, 4) is 11.3 Å². The number of benzene rings is 1. The van der Waals surface area contributed by atoms with E-state index in [1.54, 1.807) is 12.1 Å². The van der Waals surface area contributed by atoms with E-state index >= 15 is 0 Å². The lowest BCUT2D eigenvalue weighted by Crippen LogP contribution is -2.20. The molecule has 0 aliphatic carbocycles. The molecule has 20 heavy (non-hydrogen) atoms. The number of nitrogens with zero attached hydrogens (tertiary/aromatic N) is 1. The topological polar surface area (TPSA) is 53.7 Å². The van der Waals surface area contributed by atoms with Gasteiger partial charge < -0.3 is 9.52 Å². The smallest absolute Gasteiger partial charge is 0.304 e. The lowest BCUT2D eigenvalue weighted by molar-refractivity contribution is -0.137. The fraction of sp³-hybridized carbons (Fsp3) is 0.267. The Labute approximate surface area is 116 Å². The minimum absolute atomic E-state index is 0.0992. The van der Waals surface area contributed by atoms with Gasteiger partial charge in [0.25, 0.3) is 0 Å². The standard InChI is InChI=1S/C15H16FNO3/c1-17(9-8-15(18)19)10-13-6-7-14(20-13)11-2-4-12(16)5-3-11/h2-7H,8-10H2,1H3,(H,18,19). The van der Waals surface area contributed by atoms with Gasteiger partial charge in [-0.15, -0.1) is 0 Å². The molecule has 0 unspecified atom stereocenters. The van der Waals surface area contributed by atoms with Crippen molar-refractivity contribution in [2.75, 3.05) is 13.6 Å². The van der Waals surface area contributed by atoms with E-state index in [2.05, 4.69) is 0 Å². The van der Waals surface area contributed by atoms with Crippen LogP contribution in [0, 0.1) is 5.82 Å². The molecule has 0 atom stereocenters. The van der Waals surface area contributed by atoms with E-state index in [0.29, 0.717) is 18.8 Å². The molecule has 0 aliphatic rings. The molecular weight excluding hydrogens is 261 g/mol. The zero-order valence-corrected chi connectivity index (χ0v) is 11.2. The summed E-state index contributed by atoms with van der Waals surface area (Å²) in [7, 11) is 1.84. The summed E-state index contributed by atoms with van der Waals surface area (Å²) in [6.45, 7) is 0.996. The van der Waals surface area contributed by atoms with Gasteiger partial charge in [-0.05, 0) is 43.4 Å². The van der Waals surface area contributed by atoms with Crippen molar-refractivity contribution >= 4 is 5.97 Å². The Morgan fingerprint density at radius 2 is 1.95 bits per heavy atom. The number of hydrogen-bond donors (Lipinski definition) is 1. The molecule has 1 heterocycles. The monoisotopic (exact) mass is 277 g/mol. The molecule has 4 nitrogen and oxygen atoms in total. The third-order valence-electron chi connectivity index (χ3n) is 2.92. The molecule has 1 aromatic carbocycles. The van der Waals surface area contributed by atoms with Gasteiger partial charge in [0, 0.05) is 12.1 Å². The zero-order valence-electron chi connectivity index (χ0n) is 11.2. The molecule has 2 aromatic rings. The zero-order chi connectivity index (χ0) is 14.5. The van der Waals surface area contributed by atoms with Crippen molar-refractivity contribution in [1.82, 2.24) is 4.90 Å². The molecule has 0 bridgehead atoms. The van der Waals surface area contributed by atoms with Crippen LogP contribution >= 0.6 is 0 Å². The van der Waals surface area contributed by atoms with Crippen molar-refractivity contribution in [1.29, 1.82) is 0 Å². The summed E-state index contributed by atoms with van der Waals surface area (Å²) in [5.41, 5.74) is 0.811. The molecule has 0 fully saturated rings. The summed E-state index contributed by atoms with van der Waals surface area (Å²) in [4.78, 5) is 12.4. The quantitative estimate of drug-likeness (QED) is 0.882. The Morgan fingerprint density at radius 1 is 1.25 bits per heavy atom. The Balaban J connectivity index is 1.98. The lowest BCUT2D eigenvalue weighted by atomic mass is 10.2. The van der Waals surface area contributed by atoms with E-state index in [4.69, 9.17) is 9.52 Å². The van der Waals surface area contributed by atoms with Crippen molar-refractivity contribution < 1.29 is 18.7 Å². The fourth-order valence-corrected chi connectivity index (χ4v) is 1.86. The minimum atomic E-state index is -0.816. The molecule has 0 amide bonds. The molecule has 0 saturated carbocycles. The third-order valence-corrected chi connectivity index (χ3v) is 2.92. The van der Waals surface area contributed by atoms with Gasteiger partial charge in [0.05, 0.1) is 13.0 Å². The molecule has 0 spiro atoms. The minimum Gasteiger partial charge on any atom is -0.481 e. The number of carboxylic acid groups (broad SMARTS) is 1. The van der Waals surface area contributed by atoms with Crippen LogP contribution in [0.25, 0.3) is 11.3 Å². The molecule has 106 valence electrons. The number of halogens is 1. The Hall–Kier alpha value is -2.14. The molecule has 5 heteroatoms. The van der Waals surface area contributed by atoms with Crippen LogP contribution in [0.3, 0.4) is 0 Å². The highest BCUT2D eigenvalue weighted by Gasteiger charge is 2.08. The normalized spacial score (nSPS) is 10.9. The van der Waals surface area contributed by atoms with Gasteiger partial charge in [0.2, 0.25) is 0 Å². The first-order valence-corrected chi connectivity index (χ1v) is 6.29. The van der Waals surface area contributed by atoms with E-state index in [1.807, 2.05) is 24.1 Å². The first-order valence-electron chi connectivity index (χ1n) is 6.29. The van der Waals surface area contributed by atoms with Crippen LogP contribution in [0.4, 0.5) is 4.39 Å².